The minimum absolute atomic E-state index is 0.0196. The van der Waals surface area contributed by atoms with Crippen LogP contribution in [0.5, 0.6) is 0 Å². The van der Waals surface area contributed by atoms with Crippen LogP contribution in [-0.2, 0) is 35.4 Å². The van der Waals surface area contributed by atoms with Crippen molar-refractivity contribution in [2.24, 2.45) is 0 Å². The lowest BCUT2D eigenvalue weighted by Crippen LogP contribution is -2.39. The number of amides is 1. The van der Waals surface area contributed by atoms with Crippen molar-refractivity contribution in [1.29, 1.82) is 0 Å². The first kappa shape index (κ1) is 20.1. The lowest BCUT2D eigenvalue weighted by Gasteiger charge is -2.25. The van der Waals surface area contributed by atoms with Gasteiger partial charge in [0.2, 0.25) is 5.91 Å². The van der Waals surface area contributed by atoms with Gasteiger partial charge in [0.05, 0.1) is 0 Å². The van der Waals surface area contributed by atoms with Gasteiger partial charge in [-0.2, -0.15) is 0 Å². The zero-order valence-corrected chi connectivity index (χ0v) is 16.7. The molecular weight excluding hydrogens is 383 g/mol. The second-order valence-corrected chi connectivity index (χ2v) is 7.91. The van der Waals surface area contributed by atoms with Crippen LogP contribution in [-0.4, -0.2) is 27.6 Å². The van der Waals surface area contributed by atoms with Crippen molar-refractivity contribution in [3.05, 3.63) is 71.2 Å². The summed E-state index contributed by atoms with van der Waals surface area (Å²) < 4.78 is 15.6. The molecule has 0 aliphatic heterocycles. The summed E-state index contributed by atoms with van der Waals surface area (Å²) in [4.78, 5) is 23.8. The third-order valence-corrected chi connectivity index (χ3v) is 5.80. The number of carboxylic acids is 1. The highest BCUT2D eigenvalue weighted by Crippen LogP contribution is 2.33. The summed E-state index contributed by atoms with van der Waals surface area (Å²) >= 11 is 0. The van der Waals surface area contributed by atoms with Gasteiger partial charge in [-0.1, -0.05) is 30.3 Å². The number of aryl methyl sites for hydroxylation is 1. The molecule has 5 nitrogen and oxygen atoms in total. The summed E-state index contributed by atoms with van der Waals surface area (Å²) in [6, 6.07) is 14.6. The molecule has 6 heteroatoms. The zero-order valence-electron chi connectivity index (χ0n) is 16.7. The normalized spacial score (nSPS) is 15.7. The first-order valence-corrected chi connectivity index (χ1v) is 10.4. The van der Waals surface area contributed by atoms with Crippen LogP contribution in [0.25, 0.3) is 10.9 Å². The van der Waals surface area contributed by atoms with Crippen molar-refractivity contribution in [1.82, 2.24) is 9.88 Å². The Balaban J connectivity index is 1.44. The van der Waals surface area contributed by atoms with E-state index in [1.165, 1.54) is 17.7 Å². The number of aromatic nitrogens is 1. The Morgan fingerprint density at radius 3 is 2.73 bits per heavy atom. The monoisotopic (exact) mass is 408 g/mol. The van der Waals surface area contributed by atoms with E-state index in [0.29, 0.717) is 19.3 Å². The minimum atomic E-state index is -0.923. The van der Waals surface area contributed by atoms with Crippen LogP contribution in [0, 0.1) is 5.82 Å². The van der Waals surface area contributed by atoms with E-state index in [1.54, 1.807) is 10.6 Å². The molecule has 1 atom stereocenters. The van der Waals surface area contributed by atoms with E-state index in [1.807, 2.05) is 18.2 Å². The van der Waals surface area contributed by atoms with Crippen LogP contribution in [0.2, 0.25) is 0 Å². The Kier molecular flexibility index (Phi) is 5.84. The van der Waals surface area contributed by atoms with E-state index in [2.05, 4.69) is 17.4 Å². The molecule has 3 aromatic rings. The fourth-order valence-electron chi connectivity index (χ4n) is 4.46. The second kappa shape index (κ2) is 8.69. The largest absolute Gasteiger partial charge is 0.480 e. The first-order chi connectivity index (χ1) is 14.5. The summed E-state index contributed by atoms with van der Waals surface area (Å²) in [5.41, 5.74) is 3.85. The van der Waals surface area contributed by atoms with Crippen LogP contribution >= 0.6 is 0 Å². The standard InChI is InChI=1S/C24H25FN2O3/c25-17-9-11-21-19(13-17)20-14-18(10-12-22(20)27(21)15-24(29)30)26-23(28)8-4-7-16-5-2-1-3-6-16/h1-3,5-6,9,11,13,18H,4,7-8,10,12,14-15H2,(H,26,28)(H,29,30). The third kappa shape index (κ3) is 4.37. The van der Waals surface area contributed by atoms with Gasteiger partial charge >= 0.3 is 5.97 Å². The quantitative estimate of drug-likeness (QED) is 0.624. The fourth-order valence-corrected chi connectivity index (χ4v) is 4.46. The SMILES string of the molecule is O=C(O)Cn1c2c(c3cc(F)ccc31)CC(NC(=O)CCCc1ccccc1)CC2. The average molecular weight is 408 g/mol. The summed E-state index contributed by atoms with van der Waals surface area (Å²) in [5, 5.41) is 13.1. The van der Waals surface area contributed by atoms with Gasteiger partial charge in [-0.25, -0.2) is 4.39 Å². The summed E-state index contributed by atoms with van der Waals surface area (Å²) in [7, 11) is 0. The molecule has 156 valence electrons. The molecule has 0 fully saturated rings. The van der Waals surface area contributed by atoms with Crippen LogP contribution in [0.3, 0.4) is 0 Å². The van der Waals surface area contributed by atoms with Gasteiger partial charge in [0.25, 0.3) is 0 Å². The number of hydrogen-bond donors (Lipinski definition) is 2. The van der Waals surface area contributed by atoms with Gasteiger partial charge in [-0.15, -0.1) is 0 Å². The van der Waals surface area contributed by atoms with E-state index in [4.69, 9.17) is 0 Å². The minimum Gasteiger partial charge on any atom is -0.480 e. The molecule has 30 heavy (non-hydrogen) atoms. The average Bonchev–Trinajstić information content (AvgIpc) is 3.01. The molecule has 1 amide bonds. The molecule has 0 bridgehead atoms. The molecule has 1 unspecified atom stereocenters. The molecule has 0 saturated heterocycles. The van der Waals surface area contributed by atoms with Crippen molar-refractivity contribution in [2.45, 2.75) is 51.1 Å². The Morgan fingerprint density at radius 1 is 1.17 bits per heavy atom. The third-order valence-electron chi connectivity index (χ3n) is 5.80. The topological polar surface area (TPSA) is 71.3 Å². The van der Waals surface area contributed by atoms with Gasteiger partial charge in [-0.05, 0) is 61.4 Å². The van der Waals surface area contributed by atoms with Gasteiger partial charge < -0.3 is 15.0 Å². The summed E-state index contributed by atoms with van der Waals surface area (Å²) in [6.45, 7) is -0.145. The molecule has 4 rings (SSSR count). The number of carboxylic acid groups (broad SMARTS) is 1. The molecule has 0 spiro atoms. The number of fused-ring (bicyclic) bond motifs is 3. The van der Waals surface area contributed by atoms with Gasteiger partial charge in [-0.3, -0.25) is 9.59 Å². The number of rotatable bonds is 7. The summed E-state index contributed by atoms with van der Waals surface area (Å²) in [5.74, 6) is -1.24. The maximum absolute atomic E-state index is 13.9. The van der Waals surface area contributed by atoms with Crippen molar-refractivity contribution < 1.29 is 19.1 Å². The fraction of sp³-hybridized carbons (Fsp3) is 0.333. The highest BCUT2D eigenvalue weighted by molar-refractivity contribution is 5.87. The smallest absolute Gasteiger partial charge is 0.323 e. The number of benzene rings is 2. The van der Waals surface area contributed by atoms with Crippen molar-refractivity contribution in [3.63, 3.8) is 0 Å². The highest BCUT2D eigenvalue weighted by Gasteiger charge is 2.27. The lowest BCUT2D eigenvalue weighted by atomic mass is 9.91. The molecule has 1 aliphatic rings. The predicted octanol–water partition coefficient (Wildman–Crippen LogP) is 3.86. The molecule has 1 aromatic heterocycles. The Morgan fingerprint density at radius 2 is 1.97 bits per heavy atom. The summed E-state index contributed by atoms with van der Waals surface area (Å²) in [6.07, 6.45) is 4.12. The molecule has 1 heterocycles. The first-order valence-electron chi connectivity index (χ1n) is 10.4. The number of nitrogens with one attached hydrogen (secondary N) is 1. The Hall–Kier alpha value is -3.15. The van der Waals surface area contributed by atoms with Gasteiger partial charge in [0, 0.05) is 29.1 Å². The number of halogens is 1. The van der Waals surface area contributed by atoms with Gasteiger partial charge in [0.15, 0.2) is 0 Å². The van der Waals surface area contributed by atoms with Crippen LogP contribution in [0.4, 0.5) is 4.39 Å². The lowest BCUT2D eigenvalue weighted by molar-refractivity contribution is -0.137. The van der Waals surface area contributed by atoms with Gasteiger partial charge in [0.1, 0.15) is 12.4 Å². The van der Waals surface area contributed by atoms with E-state index < -0.39 is 5.97 Å². The number of carbonyl (C=O) groups excluding carboxylic acids is 1. The zero-order chi connectivity index (χ0) is 21.1. The Bertz CT molecular complexity index is 1070. The number of aliphatic carboxylic acids is 1. The van der Waals surface area contributed by atoms with E-state index in [0.717, 1.165) is 41.4 Å². The molecule has 0 saturated carbocycles. The van der Waals surface area contributed by atoms with Crippen molar-refractivity contribution in [3.8, 4) is 0 Å². The molecule has 0 radical (unpaired) electrons. The Labute approximate surface area is 174 Å². The highest BCUT2D eigenvalue weighted by atomic mass is 19.1. The maximum atomic E-state index is 13.9. The number of carbonyl (C=O) groups is 2. The predicted molar refractivity (Wildman–Crippen MR) is 113 cm³/mol. The molecule has 1 aliphatic carbocycles. The van der Waals surface area contributed by atoms with E-state index >= 15 is 0 Å². The van der Waals surface area contributed by atoms with Crippen LogP contribution < -0.4 is 5.32 Å². The van der Waals surface area contributed by atoms with E-state index in [-0.39, 0.29) is 24.3 Å². The number of nitrogens with zero attached hydrogens (tertiary/aromatic N) is 1. The molecule has 2 N–H and O–H groups in total. The van der Waals surface area contributed by atoms with Crippen LogP contribution in [0.15, 0.2) is 48.5 Å². The van der Waals surface area contributed by atoms with Crippen LogP contribution in [0.1, 0.15) is 36.1 Å². The molecule has 2 aromatic carbocycles. The van der Waals surface area contributed by atoms with E-state index in [9.17, 15) is 19.1 Å². The second-order valence-electron chi connectivity index (χ2n) is 7.91. The molecular formula is C24H25FN2O3. The van der Waals surface area contributed by atoms with Crippen molar-refractivity contribution in [2.75, 3.05) is 0 Å². The number of hydrogen-bond acceptors (Lipinski definition) is 2. The van der Waals surface area contributed by atoms with Crippen molar-refractivity contribution >= 4 is 22.8 Å². The maximum Gasteiger partial charge on any atom is 0.323 e.